The van der Waals surface area contributed by atoms with E-state index in [1.807, 2.05) is 26.0 Å². The fraction of sp³-hybridized carbons (Fsp3) is 0.500. The predicted octanol–water partition coefficient (Wildman–Crippen LogP) is 2.32. The second-order valence-corrected chi connectivity index (χ2v) is 4.67. The van der Waals surface area contributed by atoms with Gasteiger partial charge in [-0.3, -0.25) is 4.79 Å². The van der Waals surface area contributed by atoms with Crippen molar-refractivity contribution >= 4 is 11.6 Å². The van der Waals surface area contributed by atoms with Crippen LogP contribution in [0.5, 0.6) is 0 Å². The number of anilines is 1. The Morgan fingerprint density at radius 3 is 3.12 bits per heavy atom. The van der Waals surface area contributed by atoms with Crippen molar-refractivity contribution in [3.8, 4) is 0 Å². The Bertz CT molecular complexity index is 415. The first-order chi connectivity index (χ1) is 8.22. The van der Waals surface area contributed by atoms with Crippen molar-refractivity contribution in [2.24, 2.45) is 5.92 Å². The molecule has 1 atom stereocenters. The van der Waals surface area contributed by atoms with Gasteiger partial charge in [0.2, 0.25) is 5.91 Å². The summed E-state index contributed by atoms with van der Waals surface area (Å²) < 4.78 is 0. The third-order valence-electron chi connectivity index (χ3n) is 3.46. The van der Waals surface area contributed by atoms with Crippen LogP contribution in [0.25, 0.3) is 0 Å². The highest BCUT2D eigenvalue weighted by Gasteiger charge is 2.16. The summed E-state index contributed by atoms with van der Waals surface area (Å²) in [5, 5.41) is 6.39. The fourth-order valence-electron chi connectivity index (χ4n) is 2.07. The largest absolute Gasteiger partial charge is 0.326 e. The van der Waals surface area contributed by atoms with Crippen molar-refractivity contribution in [1.82, 2.24) is 5.32 Å². The number of nitrogens with one attached hydrogen (secondary N) is 2. The molecule has 0 fully saturated rings. The topological polar surface area (TPSA) is 41.1 Å². The van der Waals surface area contributed by atoms with Gasteiger partial charge in [-0.2, -0.15) is 0 Å². The number of benzene rings is 1. The number of rotatable bonds is 3. The van der Waals surface area contributed by atoms with E-state index in [4.69, 9.17) is 0 Å². The Hall–Kier alpha value is -1.35. The zero-order chi connectivity index (χ0) is 12.3. The van der Waals surface area contributed by atoms with Gasteiger partial charge in [0.15, 0.2) is 0 Å². The molecule has 1 aliphatic rings. The van der Waals surface area contributed by atoms with Crippen molar-refractivity contribution in [3.63, 3.8) is 0 Å². The van der Waals surface area contributed by atoms with Crippen LogP contribution in [0.15, 0.2) is 18.2 Å². The molecule has 0 saturated heterocycles. The molecule has 2 N–H and O–H groups in total. The van der Waals surface area contributed by atoms with E-state index < -0.39 is 0 Å². The van der Waals surface area contributed by atoms with E-state index in [0.717, 1.165) is 31.6 Å². The molecule has 3 heteroatoms. The highest BCUT2D eigenvalue weighted by molar-refractivity contribution is 5.93. The molecule has 0 aliphatic carbocycles. The molecule has 17 heavy (non-hydrogen) atoms. The summed E-state index contributed by atoms with van der Waals surface area (Å²) in [5.74, 6) is 0.189. The van der Waals surface area contributed by atoms with E-state index >= 15 is 0 Å². The number of hydrogen-bond acceptors (Lipinski definition) is 2. The number of hydrogen-bond donors (Lipinski definition) is 2. The van der Waals surface area contributed by atoms with Gasteiger partial charge >= 0.3 is 0 Å². The fourth-order valence-corrected chi connectivity index (χ4v) is 2.07. The summed E-state index contributed by atoms with van der Waals surface area (Å²) in [4.78, 5) is 11.9. The van der Waals surface area contributed by atoms with Crippen LogP contribution in [-0.2, 0) is 17.8 Å². The van der Waals surface area contributed by atoms with Gasteiger partial charge in [0.25, 0.3) is 0 Å². The minimum atomic E-state index is 0.0717. The molecule has 1 unspecified atom stereocenters. The summed E-state index contributed by atoms with van der Waals surface area (Å²) in [5.41, 5.74) is 3.57. The Morgan fingerprint density at radius 1 is 1.53 bits per heavy atom. The molecule has 0 aromatic heterocycles. The van der Waals surface area contributed by atoms with E-state index in [9.17, 15) is 4.79 Å². The Morgan fingerprint density at radius 2 is 2.35 bits per heavy atom. The van der Waals surface area contributed by atoms with Gasteiger partial charge in [0.1, 0.15) is 0 Å². The van der Waals surface area contributed by atoms with Crippen LogP contribution < -0.4 is 10.6 Å². The summed E-state index contributed by atoms with van der Waals surface area (Å²) in [6, 6.07) is 6.16. The Kier molecular flexibility index (Phi) is 3.79. The van der Waals surface area contributed by atoms with Crippen LogP contribution in [0.1, 0.15) is 31.4 Å². The SMILES string of the molecule is CCC(C)C(=O)Nc1cccc2c1CNCC2. The lowest BCUT2D eigenvalue weighted by Gasteiger charge is -2.21. The molecular formula is C14H20N2O. The minimum Gasteiger partial charge on any atom is -0.326 e. The number of amides is 1. The third-order valence-corrected chi connectivity index (χ3v) is 3.46. The number of carbonyl (C=O) groups is 1. The molecule has 0 saturated carbocycles. The molecule has 1 heterocycles. The highest BCUT2D eigenvalue weighted by Crippen LogP contribution is 2.23. The lowest BCUT2D eigenvalue weighted by Crippen LogP contribution is -2.26. The van der Waals surface area contributed by atoms with Gasteiger partial charge < -0.3 is 10.6 Å². The van der Waals surface area contributed by atoms with Gasteiger partial charge in [0, 0.05) is 18.2 Å². The molecule has 1 aliphatic heterocycles. The number of carbonyl (C=O) groups excluding carboxylic acids is 1. The maximum absolute atomic E-state index is 11.9. The normalized spacial score (nSPS) is 16.1. The molecule has 0 spiro atoms. The van der Waals surface area contributed by atoms with Crippen LogP contribution in [-0.4, -0.2) is 12.5 Å². The molecule has 2 rings (SSSR count). The minimum absolute atomic E-state index is 0.0717. The molecule has 1 aromatic carbocycles. The van der Waals surface area contributed by atoms with Crippen LogP contribution in [0.3, 0.4) is 0 Å². The summed E-state index contributed by atoms with van der Waals surface area (Å²) >= 11 is 0. The number of fused-ring (bicyclic) bond motifs is 1. The molecule has 0 bridgehead atoms. The van der Waals surface area contributed by atoms with Crippen LogP contribution in [0.2, 0.25) is 0 Å². The molecule has 1 aromatic rings. The lowest BCUT2D eigenvalue weighted by atomic mass is 9.99. The Labute approximate surface area is 103 Å². The van der Waals surface area contributed by atoms with Crippen LogP contribution in [0, 0.1) is 5.92 Å². The second-order valence-electron chi connectivity index (χ2n) is 4.67. The first-order valence-corrected chi connectivity index (χ1v) is 6.34. The van der Waals surface area contributed by atoms with Gasteiger partial charge in [0.05, 0.1) is 0 Å². The van der Waals surface area contributed by atoms with E-state index in [1.54, 1.807) is 0 Å². The van der Waals surface area contributed by atoms with Gasteiger partial charge in [-0.15, -0.1) is 0 Å². The lowest BCUT2D eigenvalue weighted by molar-refractivity contribution is -0.119. The average molecular weight is 232 g/mol. The van der Waals surface area contributed by atoms with Gasteiger partial charge in [-0.1, -0.05) is 26.0 Å². The van der Waals surface area contributed by atoms with E-state index in [0.29, 0.717) is 0 Å². The van der Waals surface area contributed by atoms with Crippen molar-refractivity contribution in [1.29, 1.82) is 0 Å². The Balaban J connectivity index is 2.18. The average Bonchev–Trinajstić information content (AvgIpc) is 2.38. The molecule has 0 radical (unpaired) electrons. The molecular weight excluding hydrogens is 212 g/mol. The van der Waals surface area contributed by atoms with Crippen molar-refractivity contribution < 1.29 is 4.79 Å². The quantitative estimate of drug-likeness (QED) is 0.839. The molecule has 1 amide bonds. The van der Waals surface area contributed by atoms with E-state index in [2.05, 4.69) is 16.7 Å². The third kappa shape index (κ3) is 2.67. The molecule has 92 valence electrons. The van der Waals surface area contributed by atoms with Gasteiger partial charge in [-0.05, 0) is 36.6 Å². The zero-order valence-electron chi connectivity index (χ0n) is 10.5. The first kappa shape index (κ1) is 12.1. The van der Waals surface area contributed by atoms with E-state index in [-0.39, 0.29) is 11.8 Å². The first-order valence-electron chi connectivity index (χ1n) is 6.34. The predicted molar refractivity (Wildman–Crippen MR) is 69.9 cm³/mol. The summed E-state index contributed by atoms with van der Waals surface area (Å²) in [6.45, 7) is 5.87. The van der Waals surface area contributed by atoms with Crippen LogP contribution in [0.4, 0.5) is 5.69 Å². The maximum Gasteiger partial charge on any atom is 0.227 e. The smallest absolute Gasteiger partial charge is 0.227 e. The van der Waals surface area contributed by atoms with E-state index in [1.165, 1.54) is 11.1 Å². The summed E-state index contributed by atoms with van der Waals surface area (Å²) in [6.07, 6.45) is 1.92. The maximum atomic E-state index is 11.9. The zero-order valence-corrected chi connectivity index (χ0v) is 10.5. The van der Waals surface area contributed by atoms with Crippen molar-refractivity contribution in [2.75, 3.05) is 11.9 Å². The second kappa shape index (κ2) is 5.32. The molecule has 3 nitrogen and oxygen atoms in total. The van der Waals surface area contributed by atoms with Crippen molar-refractivity contribution in [2.45, 2.75) is 33.2 Å². The standard InChI is InChI=1S/C14H20N2O/c1-3-10(2)14(17)16-13-6-4-5-11-7-8-15-9-12(11)13/h4-6,10,15H,3,7-9H2,1-2H3,(H,16,17). The van der Waals surface area contributed by atoms with Crippen molar-refractivity contribution in [3.05, 3.63) is 29.3 Å². The highest BCUT2D eigenvalue weighted by atomic mass is 16.1. The van der Waals surface area contributed by atoms with Gasteiger partial charge in [-0.25, -0.2) is 0 Å². The monoisotopic (exact) mass is 232 g/mol. The summed E-state index contributed by atoms with van der Waals surface area (Å²) in [7, 11) is 0. The van der Waals surface area contributed by atoms with Crippen LogP contribution >= 0.6 is 0 Å².